The fourth-order valence-electron chi connectivity index (χ4n) is 6.06. The van der Waals surface area contributed by atoms with Crippen LogP contribution in [0.4, 0.5) is 0 Å². The number of carboxylic acids is 1. The van der Waals surface area contributed by atoms with Crippen molar-refractivity contribution in [2.45, 2.75) is 219 Å². The van der Waals surface area contributed by atoms with Crippen LogP contribution in [0.2, 0.25) is 0 Å². The fourth-order valence-corrected chi connectivity index (χ4v) is 6.84. The number of ether oxygens (including phenoxy) is 2. The summed E-state index contributed by atoms with van der Waals surface area (Å²) in [6.45, 7) is 2.81. The first-order chi connectivity index (χ1) is 26.1. The van der Waals surface area contributed by atoms with Crippen LogP contribution in [0.5, 0.6) is 0 Å². The van der Waals surface area contributed by atoms with E-state index in [0.717, 1.165) is 44.9 Å². The largest absolute Gasteiger partial charge is 0.480 e. The van der Waals surface area contributed by atoms with Crippen molar-refractivity contribution in [2.75, 3.05) is 19.8 Å². The number of hydrogen-bond acceptors (Lipinski definition) is 9. The maximum atomic E-state index is 12.6. The molecule has 0 fully saturated rings. The standard InChI is InChI=1S/C42H80NO10P/c1-3-5-7-9-11-13-15-17-18-19-20-22-24-26-28-30-32-34-41(45)53-38(36-51-54(48,49)52-37-39(43)42(46)47)35-50-40(44)33-31-29-27-25-23-21-16-14-12-10-8-6-4-2/h17-18,38-39H,3-16,19-37,43H2,1-2H3,(H,46,47)(H,48,49)/b18-17+/t38-,39+/m1/s1. The lowest BCUT2D eigenvalue weighted by molar-refractivity contribution is -0.161. The molecule has 0 saturated carbocycles. The number of phosphoric ester groups is 1. The van der Waals surface area contributed by atoms with E-state index in [1.807, 2.05) is 0 Å². The van der Waals surface area contributed by atoms with Gasteiger partial charge in [0.1, 0.15) is 12.6 Å². The minimum absolute atomic E-state index is 0.160. The Kier molecular flexibility index (Phi) is 36.9. The molecule has 0 heterocycles. The van der Waals surface area contributed by atoms with Crippen LogP contribution in [0.3, 0.4) is 0 Å². The monoisotopic (exact) mass is 790 g/mol. The van der Waals surface area contributed by atoms with Gasteiger partial charge >= 0.3 is 25.7 Å². The minimum atomic E-state index is -4.71. The zero-order chi connectivity index (χ0) is 40.0. The van der Waals surface area contributed by atoms with E-state index in [0.29, 0.717) is 12.8 Å². The molecule has 0 aliphatic rings. The average Bonchev–Trinajstić information content (AvgIpc) is 3.14. The number of aliphatic carboxylic acids is 1. The van der Waals surface area contributed by atoms with E-state index >= 15 is 0 Å². The molecule has 4 N–H and O–H groups in total. The van der Waals surface area contributed by atoms with Crippen LogP contribution in [-0.2, 0) is 37.5 Å². The van der Waals surface area contributed by atoms with E-state index in [2.05, 4.69) is 30.5 Å². The molecule has 12 heteroatoms. The van der Waals surface area contributed by atoms with Gasteiger partial charge in [-0.25, -0.2) is 4.57 Å². The lowest BCUT2D eigenvalue weighted by atomic mass is 10.0. The zero-order valence-corrected chi connectivity index (χ0v) is 35.2. The lowest BCUT2D eigenvalue weighted by Crippen LogP contribution is -2.34. The third kappa shape index (κ3) is 37.2. The van der Waals surface area contributed by atoms with Gasteiger partial charge in [0.15, 0.2) is 6.10 Å². The van der Waals surface area contributed by atoms with E-state index in [9.17, 15) is 23.8 Å². The predicted octanol–water partition coefficient (Wildman–Crippen LogP) is 11.3. The summed E-state index contributed by atoms with van der Waals surface area (Å²) >= 11 is 0. The second-order valence-electron chi connectivity index (χ2n) is 14.8. The molecule has 0 aromatic rings. The number of phosphoric acid groups is 1. The summed E-state index contributed by atoms with van der Waals surface area (Å²) in [5.74, 6) is -2.37. The molecular weight excluding hydrogens is 709 g/mol. The first-order valence-corrected chi connectivity index (χ1v) is 23.2. The minimum Gasteiger partial charge on any atom is -0.480 e. The van der Waals surface area contributed by atoms with Crippen LogP contribution < -0.4 is 5.73 Å². The highest BCUT2D eigenvalue weighted by Crippen LogP contribution is 2.43. The Morgan fingerprint density at radius 3 is 1.35 bits per heavy atom. The van der Waals surface area contributed by atoms with Crippen molar-refractivity contribution < 1.29 is 47.5 Å². The molecular formula is C42H80NO10P. The van der Waals surface area contributed by atoms with Crippen LogP contribution in [0.1, 0.15) is 206 Å². The van der Waals surface area contributed by atoms with E-state index in [1.165, 1.54) is 122 Å². The molecule has 0 aliphatic carbocycles. The van der Waals surface area contributed by atoms with Gasteiger partial charge in [-0.05, 0) is 38.5 Å². The van der Waals surface area contributed by atoms with Crippen molar-refractivity contribution in [2.24, 2.45) is 5.73 Å². The highest BCUT2D eigenvalue weighted by atomic mass is 31.2. The van der Waals surface area contributed by atoms with Gasteiger partial charge in [-0.1, -0.05) is 167 Å². The normalized spacial score (nSPS) is 13.9. The van der Waals surface area contributed by atoms with Crippen molar-refractivity contribution in [1.29, 1.82) is 0 Å². The number of unbranched alkanes of at least 4 members (excludes halogenated alkanes) is 25. The maximum absolute atomic E-state index is 12.6. The van der Waals surface area contributed by atoms with Gasteiger partial charge in [0.25, 0.3) is 0 Å². The van der Waals surface area contributed by atoms with Crippen molar-refractivity contribution >= 4 is 25.7 Å². The van der Waals surface area contributed by atoms with Gasteiger partial charge in [-0.15, -0.1) is 0 Å². The van der Waals surface area contributed by atoms with Crippen LogP contribution in [-0.4, -0.2) is 59.9 Å². The molecule has 0 aromatic carbocycles. The number of carbonyl (C=O) groups excluding carboxylic acids is 2. The van der Waals surface area contributed by atoms with Gasteiger partial charge in [-0.3, -0.25) is 23.4 Å². The molecule has 0 saturated heterocycles. The molecule has 0 aromatic heterocycles. The summed E-state index contributed by atoms with van der Waals surface area (Å²) in [4.78, 5) is 45.9. The Morgan fingerprint density at radius 1 is 0.556 bits per heavy atom. The topological polar surface area (TPSA) is 172 Å². The predicted molar refractivity (Wildman–Crippen MR) is 217 cm³/mol. The fraction of sp³-hybridized carbons (Fsp3) is 0.881. The summed E-state index contributed by atoms with van der Waals surface area (Å²) in [6.07, 6.45) is 37.0. The quantitative estimate of drug-likeness (QED) is 0.0233. The molecule has 11 nitrogen and oxygen atoms in total. The van der Waals surface area contributed by atoms with Gasteiger partial charge in [0, 0.05) is 12.8 Å². The highest BCUT2D eigenvalue weighted by Gasteiger charge is 2.28. The van der Waals surface area contributed by atoms with Gasteiger partial charge in [0.05, 0.1) is 13.2 Å². The zero-order valence-electron chi connectivity index (χ0n) is 34.3. The second-order valence-corrected chi connectivity index (χ2v) is 16.3. The summed E-state index contributed by atoms with van der Waals surface area (Å²) in [5, 5.41) is 8.88. The lowest BCUT2D eigenvalue weighted by Gasteiger charge is -2.20. The number of allylic oxidation sites excluding steroid dienone is 2. The van der Waals surface area contributed by atoms with Crippen LogP contribution >= 0.6 is 7.82 Å². The average molecular weight is 790 g/mol. The molecule has 54 heavy (non-hydrogen) atoms. The number of nitrogens with two attached hydrogens (primary N) is 1. The molecule has 318 valence electrons. The summed E-state index contributed by atoms with van der Waals surface area (Å²) in [7, 11) is -4.71. The number of esters is 2. The van der Waals surface area contributed by atoms with E-state index < -0.39 is 51.1 Å². The second kappa shape index (κ2) is 38.1. The molecule has 0 aliphatic heterocycles. The number of rotatable bonds is 41. The van der Waals surface area contributed by atoms with Gasteiger partial charge < -0.3 is 25.2 Å². The molecule has 1 unspecified atom stereocenters. The first kappa shape index (κ1) is 52.2. The van der Waals surface area contributed by atoms with Gasteiger partial charge in [0.2, 0.25) is 0 Å². The maximum Gasteiger partial charge on any atom is 0.472 e. The summed E-state index contributed by atoms with van der Waals surface area (Å²) < 4.78 is 32.7. The van der Waals surface area contributed by atoms with Crippen molar-refractivity contribution in [1.82, 2.24) is 0 Å². The van der Waals surface area contributed by atoms with Crippen molar-refractivity contribution in [3.63, 3.8) is 0 Å². The SMILES string of the molecule is CCCCCCCC/C=C/CCCCCCCCCC(=O)O[C@H](COC(=O)CCCCCCCCCCCCCCC)COP(=O)(O)OC[C@H](N)C(=O)O. The highest BCUT2D eigenvalue weighted by molar-refractivity contribution is 7.47. The van der Waals surface area contributed by atoms with Gasteiger partial charge in [-0.2, -0.15) is 0 Å². The molecule has 0 bridgehead atoms. The molecule has 3 atom stereocenters. The third-order valence-corrected chi connectivity index (χ3v) is 10.5. The Morgan fingerprint density at radius 2 is 0.926 bits per heavy atom. The Balaban J connectivity index is 4.34. The number of hydrogen-bond donors (Lipinski definition) is 3. The van der Waals surface area contributed by atoms with E-state index in [-0.39, 0.29) is 19.4 Å². The Hall–Kier alpha value is -1.78. The van der Waals surface area contributed by atoms with Crippen LogP contribution in [0.15, 0.2) is 12.2 Å². The van der Waals surface area contributed by atoms with Crippen molar-refractivity contribution in [3.8, 4) is 0 Å². The smallest absolute Gasteiger partial charge is 0.472 e. The van der Waals surface area contributed by atoms with Crippen LogP contribution in [0, 0.1) is 0 Å². The van der Waals surface area contributed by atoms with Crippen molar-refractivity contribution in [3.05, 3.63) is 12.2 Å². The summed E-state index contributed by atoms with van der Waals surface area (Å²) in [5.41, 5.74) is 5.33. The Labute approximate surface area is 328 Å². The molecule has 0 spiro atoms. The Bertz CT molecular complexity index is 979. The number of carboxylic acid groups (broad SMARTS) is 1. The third-order valence-electron chi connectivity index (χ3n) is 9.51. The molecule has 0 amide bonds. The number of carbonyl (C=O) groups is 3. The summed E-state index contributed by atoms with van der Waals surface area (Å²) in [6, 6.07) is -1.52. The van der Waals surface area contributed by atoms with E-state index in [1.54, 1.807) is 0 Å². The first-order valence-electron chi connectivity index (χ1n) is 21.7. The molecule has 0 rings (SSSR count). The molecule has 0 radical (unpaired) electrons. The van der Waals surface area contributed by atoms with Crippen LogP contribution in [0.25, 0.3) is 0 Å². The van der Waals surface area contributed by atoms with E-state index in [4.69, 9.17) is 24.8 Å².